The minimum atomic E-state index is 0.614. The molecule has 1 aliphatic rings. The Morgan fingerprint density at radius 3 is 2.89 bits per heavy atom. The van der Waals surface area contributed by atoms with E-state index in [0.717, 1.165) is 19.5 Å². The van der Waals surface area contributed by atoms with Crippen molar-refractivity contribution in [2.45, 2.75) is 38.8 Å². The van der Waals surface area contributed by atoms with E-state index in [0.29, 0.717) is 11.9 Å². The molecular weight excluding hydrogens is 238 g/mol. The van der Waals surface area contributed by atoms with Gasteiger partial charge in [0.2, 0.25) is 0 Å². The maximum absolute atomic E-state index is 5.62. The largest absolute Gasteiger partial charge is 0.382 e. The number of likely N-dealkylation sites (N-methyl/N-ethyl adjacent to an activating group) is 1. The van der Waals surface area contributed by atoms with Crippen molar-refractivity contribution in [3.8, 4) is 0 Å². The highest BCUT2D eigenvalue weighted by atomic mass is 15.3. The molecule has 0 saturated carbocycles. The number of hydrogen-bond donors (Lipinski definition) is 1. The fourth-order valence-corrected chi connectivity index (χ4v) is 2.91. The Balaban J connectivity index is 1.79. The lowest BCUT2D eigenvalue weighted by Crippen LogP contribution is -2.40. The first kappa shape index (κ1) is 14.3. The molecule has 0 bridgehead atoms. The highest BCUT2D eigenvalue weighted by Crippen LogP contribution is 2.12. The predicted octanol–water partition coefficient (Wildman–Crippen LogP) is 1.27. The molecule has 0 radical (unpaired) electrons. The third-order valence-corrected chi connectivity index (χ3v) is 3.99. The van der Waals surface area contributed by atoms with E-state index in [1.807, 2.05) is 16.9 Å². The average Bonchev–Trinajstić information content (AvgIpc) is 2.71. The van der Waals surface area contributed by atoms with E-state index in [-0.39, 0.29) is 0 Å². The molecule has 0 aliphatic carbocycles. The number of aromatic nitrogens is 2. The van der Waals surface area contributed by atoms with E-state index in [2.05, 4.69) is 28.9 Å². The maximum atomic E-state index is 5.62. The van der Waals surface area contributed by atoms with E-state index in [1.54, 1.807) is 0 Å². The topological polar surface area (TPSA) is 50.3 Å². The van der Waals surface area contributed by atoms with Gasteiger partial charge in [-0.05, 0) is 45.5 Å². The summed E-state index contributed by atoms with van der Waals surface area (Å²) in [4.78, 5) is 5.11. The molecule has 1 aromatic heterocycles. The fourth-order valence-electron chi connectivity index (χ4n) is 2.91. The van der Waals surface area contributed by atoms with Crippen LogP contribution in [0.4, 0.5) is 5.82 Å². The molecule has 2 N–H and O–H groups in total. The molecule has 1 aliphatic heterocycles. The van der Waals surface area contributed by atoms with Gasteiger partial charge in [-0.1, -0.05) is 6.92 Å². The normalized spacial score (nSPS) is 22.5. The van der Waals surface area contributed by atoms with Crippen molar-refractivity contribution < 1.29 is 0 Å². The molecule has 19 heavy (non-hydrogen) atoms. The van der Waals surface area contributed by atoms with Crippen LogP contribution >= 0.6 is 0 Å². The van der Waals surface area contributed by atoms with Gasteiger partial charge in [0.25, 0.3) is 0 Å². The van der Waals surface area contributed by atoms with E-state index in [1.165, 1.54) is 32.5 Å². The van der Waals surface area contributed by atoms with Crippen LogP contribution in [-0.2, 0) is 6.54 Å². The standard InChI is InChI=1S/C14H27N5/c1-3-13-12-17(2)7-4-8-18(13)9-5-10-19-11-6-14(15)16-19/h6,11,13H,3-5,7-10,12H2,1-2H3,(H2,15,16). The first-order valence-electron chi connectivity index (χ1n) is 7.40. The van der Waals surface area contributed by atoms with Crippen LogP contribution in [-0.4, -0.2) is 58.8 Å². The highest BCUT2D eigenvalue weighted by Gasteiger charge is 2.21. The molecule has 108 valence electrons. The maximum Gasteiger partial charge on any atom is 0.145 e. The molecule has 1 atom stereocenters. The lowest BCUT2D eigenvalue weighted by Gasteiger charge is -2.30. The first-order chi connectivity index (χ1) is 9.19. The number of hydrogen-bond acceptors (Lipinski definition) is 4. The van der Waals surface area contributed by atoms with E-state index >= 15 is 0 Å². The van der Waals surface area contributed by atoms with Gasteiger partial charge in [0, 0.05) is 31.9 Å². The Morgan fingerprint density at radius 2 is 2.21 bits per heavy atom. The molecule has 0 spiro atoms. The fraction of sp³-hybridized carbons (Fsp3) is 0.786. The summed E-state index contributed by atoms with van der Waals surface area (Å²) in [5.74, 6) is 0.614. The molecule has 1 unspecified atom stereocenters. The summed E-state index contributed by atoms with van der Waals surface area (Å²) in [6.07, 6.45) is 5.62. The number of nitrogen functional groups attached to an aromatic ring is 1. The van der Waals surface area contributed by atoms with Crippen molar-refractivity contribution in [1.29, 1.82) is 0 Å². The van der Waals surface area contributed by atoms with Crippen molar-refractivity contribution in [3.05, 3.63) is 12.3 Å². The second-order valence-electron chi connectivity index (χ2n) is 5.57. The zero-order valence-corrected chi connectivity index (χ0v) is 12.3. The molecule has 5 nitrogen and oxygen atoms in total. The van der Waals surface area contributed by atoms with Gasteiger partial charge in [0.1, 0.15) is 5.82 Å². The molecule has 5 heteroatoms. The summed E-state index contributed by atoms with van der Waals surface area (Å²) in [7, 11) is 2.23. The molecule has 1 saturated heterocycles. The van der Waals surface area contributed by atoms with Crippen molar-refractivity contribution in [1.82, 2.24) is 19.6 Å². The number of nitrogens with two attached hydrogens (primary N) is 1. The van der Waals surface area contributed by atoms with E-state index in [4.69, 9.17) is 5.73 Å². The van der Waals surface area contributed by atoms with Gasteiger partial charge < -0.3 is 10.6 Å². The lowest BCUT2D eigenvalue weighted by molar-refractivity contribution is 0.178. The van der Waals surface area contributed by atoms with Gasteiger partial charge in [-0.15, -0.1) is 0 Å². The smallest absolute Gasteiger partial charge is 0.145 e. The molecule has 0 amide bonds. The van der Waals surface area contributed by atoms with Crippen LogP contribution in [0.15, 0.2) is 12.3 Å². The van der Waals surface area contributed by atoms with E-state index < -0.39 is 0 Å². The monoisotopic (exact) mass is 265 g/mol. The summed E-state index contributed by atoms with van der Waals surface area (Å²) < 4.78 is 1.94. The van der Waals surface area contributed by atoms with Crippen molar-refractivity contribution in [2.24, 2.45) is 0 Å². The van der Waals surface area contributed by atoms with Crippen LogP contribution in [0.2, 0.25) is 0 Å². The first-order valence-corrected chi connectivity index (χ1v) is 7.40. The van der Waals surface area contributed by atoms with Crippen molar-refractivity contribution >= 4 is 5.82 Å². The highest BCUT2D eigenvalue weighted by molar-refractivity contribution is 5.23. The average molecular weight is 265 g/mol. The predicted molar refractivity (Wildman–Crippen MR) is 79.0 cm³/mol. The molecule has 0 aromatic carbocycles. The van der Waals surface area contributed by atoms with Crippen LogP contribution in [0.5, 0.6) is 0 Å². The Hall–Kier alpha value is -1.07. The zero-order valence-electron chi connectivity index (χ0n) is 12.3. The summed E-state index contributed by atoms with van der Waals surface area (Å²) in [5, 5.41) is 4.23. The number of nitrogens with zero attached hydrogens (tertiary/aromatic N) is 4. The molecule has 2 rings (SSSR count). The minimum absolute atomic E-state index is 0.614. The second-order valence-corrected chi connectivity index (χ2v) is 5.57. The van der Waals surface area contributed by atoms with Crippen molar-refractivity contribution in [3.63, 3.8) is 0 Å². The summed E-state index contributed by atoms with van der Waals surface area (Å²) in [6.45, 7) is 8.06. The van der Waals surface area contributed by atoms with Gasteiger partial charge in [-0.2, -0.15) is 5.10 Å². The Labute approximate surface area is 116 Å². The lowest BCUT2D eigenvalue weighted by atomic mass is 10.2. The summed E-state index contributed by atoms with van der Waals surface area (Å²) >= 11 is 0. The zero-order chi connectivity index (χ0) is 13.7. The van der Waals surface area contributed by atoms with Gasteiger partial charge in [0.05, 0.1) is 0 Å². The number of rotatable bonds is 5. The van der Waals surface area contributed by atoms with Crippen LogP contribution in [0.3, 0.4) is 0 Å². The van der Waals surface area contributed by atoms with Crippen LogP contribution < -0.4 is 5.73 Å². The quantitative estimate of drug-likeness (QED) is 0.871. The minimum Gasteiger partial charge on any atom is -0.382 e. The second kappa shape index (κ2) is 6.91. The summed E-state index contributed by atoms with van der Waals surface area (Å²) in [5.41, 5.74) is 5.62. The summed E-state index contributed by atoms with van der Waals surface area (Å²) in [6, 6.07) is 2.56. The van der Waals surface area contributed by atoms with Gasteiger partial charge in [0.15, 0.2) is 0 Å². The Morgan fingerprint density at radius 1 is 1.37 bits per heavy atom. The third kappa shape index (κ3) is 4.21. The van der Waals surface area contributed by atoms with Crippen LogP contribution in [0.25, 0.3) is 0 Å². The van der Waals surface area contributed by atoms with Crippen molar-refractivity contribution in [2.75, 3.05) is 39.0 Å². The third-order valence-electron chi connectivity index (χ3n) is 3.99. The van der Waals surface area contributed by atoms with Crippen LogP contribution in [0, 0.1) is 0 Å². The molecule has 1 aromatic rings. The van der Waals surface area contributed by atoms with E-state index in [9.17, 15) is 0 Å². The van der Waals surface area contributed by atoms with Crippen LogP contribution in [0.1, 0.15) is 26.2 Å². The molecule has 2 heterocycles. The Bertz CT molecular complexity index is 376. The Kier molecular flexibility index (Phi) is 5.22. The number of aryl methyl sites for hydroxylation is 1. The van der Waals surface area contributed by atoms with Gasteiger partial charge >= 0.3 is 0 Å². The SMILES string of the molecule is CCC1CN(C)CCCN1CCCn1ccc(N)n1. The van der Waals surface area contributed by atoms with Gasteiger partial charge in [-0.25, -0.2) is 0 Å². The molecular formula is C14H27N5. The van der Waals surface area contributed by atoms with Gasteiger partial charge in [-0.3, -0.25) is 9.58 Å². The number of anilines is 1. The molecule has 1 fully saturated rings.